The van der Waals surface area contributed by atoms with E-state index in [1.54, 1.807) is 32.0 Å². The SMILES string of the molecule is CCCC1CC(C)CCCC2(C)OC2(O)C(O)C(c2ccc3oc(C)nc3c2)OC(=O)CCC(C)(C)C1=O. The molecule has 0 bridgehead atoms. The number of nitrogens with zero attached hydrogens (tertiary/aromatic N) is 1. The number of cyclic esters (lactones) is 1. The van der Waals surface area contributed by atoms with Crippen LogP contribution in [0.15, 0.2) is 22.6 Å². The largest absolute Gasteiger partial charge is 0.454 e. The zero-order valence-electron chi connectivity index (χ0n) is 23.6. The summed E-state index contributed by atoms with van der Waals surface area (Å²) in [5.74, 6) is -1.44. The van der Waals surface area contributed by atoms with E-state index in [0.717, 1.165) is 32.1 Å². The van der Waals surface area contributed by atoms with Gasteiger partial charge in [-0.05, 0) is 56.2 Å². The van der Waals surface area contributed by atoms with Crippen LogP contribution in [0.3, 0.4) is 0 Å². The Morgan fingerprint density at radius 3 is 2.61 bits per heavy atom. The molecule has 2 aromatic rings. The first kappa shape index (κ1) is 28.7. The number of Topliss-reactive ketones (excluding diaryl/α,β-unsaturated/α-hetero) is 1. The number of aromatic nitrogens is 1. The predicted octanol–water partition coefficient (Wildman–Crippen LogP) is 5.56. The first-order chi connectivity index (χ1) is 17.8. The number of aliphatic hydroxyl groups excluding tert-OH is 1. The molecule has 2 aliphatic rings. The summed E-state index contributed by atoms with van der Waals surface area (Å²) in [5, 5.41) is 22.8. The molecule has 0 saturated carbocycles. The van der Waals surface area contributed by atoms with Crippen molar-refractivity contribution in [2.45, 2.75) is 117 Å². The monoisotopic (exact) mass is 529 g/mol. The lowest BCUT2D eigenvalue weighted by atomic mass is 9.73. The van der Waals surface area contributed by atoms with Gasteiger partial charge in [-0.3, -0.25) is 9.59 Å². The standard InChI is InChI=1S/C30H43NO7/c1-7-9-21-16-18(2)10-8-14-29(6)30(35,38-29)27(34)25(37-24(32)13-15-28(4,5)26(21)33)20-11-12-23-22(17-20)31-19(3)36-23/h11-12,17-18,21,25,27,34-35H,7-10,13-16H2,1-6H3. The average molecular weight is 530 g/mol. The fourth-order valence-electron chi connectivity index (χ4n) is 6.06. The molecule has 8 nitrogen and oxygen atoms in total. The number of hydrogen-bond acceptors (Lipinski definition) is 8. The molecule has 2 N–H and O–H groups in total. The van der Waals surface area contributed by atoms with Gasteiger partial charge in [-0.2, -0.15) is 0 Å². The molecule has 2 aliphatic heterocycles. The van der Waals surface area contributed by atoms with Gasteiger partial charge in [-0.25, -0.2) is 4.98 Å². The number of ether oxygens (including phenoxy) is 2. The predicted molar refractivity (Wildman–Crippen MR) is 142 cm³/mol. The van der Waals surface area contributed by atoms with Crippen molar-refractivity contribution >= 4 is 22.9 Å². The van der Waals surface area contributed by atoms with Gasteiger partial charge in [0.1, 0.15) is 16.9 Å². The summed E-state index contributed by atoms with van der Waals surface area (Å²) in [5.41, 5.74) is -0.0431. The van der Waals surface area contributed by atoms with Crippen LogP contribution in [0.2, 0.25) is 0 Å². The highest BCUT2D eigenvalue weighted by Gasteiger charge is 2.71. The normalized spacial score (nSPS) is 35.1. The highest BCUT2D eigenvalue weighted by atomic mass is 16.8. The van der Waals surface area contributed by atoms with E-state index < -0.39 is 35.0 Å². The Balaban J connectivity index is 1.65. The molecule has 0 amide bonds. The molecule has 6 unspecified atom stereocenters. The lowest BCUT2D eigenvalue weighted by molar-refractivity contribution is -0.171. The smallest absolute Gasteiger partial charge is 0.306 e. The number of aliphatic hydroxyl groups is 2. The van der Waals surface area contributed by atoms with Crippen LogP contribution in [0, 0.1) is 24.2 Å². The van der Waals surface area contributed by atoms with Crippen LogP contribution in [0.5, 0.6) is 0 Å². The van der Waals surface area contributed by atoms with Crippen LogP contribution in [-0.4, -0.2) is 44.4 Å². The molecule has 2 fully saturated rings. The second kappa shape index (κ2) is 10.7. The van der Waals surface area contributed by atoms with Gasteiger partial charge in [0.05, 0.1) is 0 Å². The zero-order chi connectivity index (χ0) is 27.9. The lowest BCUT2D eigenvalue weighted by Crippen LogP contribution is -2.42. The molecular weight excluding hydrogens is 486 g/mol. The van der Waals surface area contributed by atoms with Crippen molar-refractivity contribution in [1.82, 2.24) is 4.98 Å². The lowest BCUT2D eigenvalue weighted by Gasteiger charge is -2.31. The molecule has 0 radical (unpaired) electrons. The maximum atomic E-state index is 13.6. The highest BCUT2D eigenvalue weighted by molar-refractivity contribution is 5.87. The molecule has 2 saturated heterocycles. The Bertz CT molecular complexity index is 1170. The minimum Gasteiger partial charge on any atom is -0.454 e. The number of fused-ring (bicyclic) bond motifs is 2. The van der Waals surface area contributed by atoms with Gasteiger partial charge in [-0.1, -0.05) is 53.0 Å². The number of oxazole rings is 1. The van der Waals surface area contributed by atoms with Gasteiger partial charge in [0.15, 0.2) is 23.7 Å². The number of epoxide rings is 1. The van der Waals surface area contributed by atoms with Crippen molar-refractivity contribution in [3.05, 3.63) is 29.7 Å². The number of carbonyl (C=O) groups is 2. The Morgan fingerprint density at radius 1 is 1.16 bits per heavy atom. The van der Waals surface area contributed by atoms with Crippen molar-refractivity contribution in [3.63, 3.8) is 0 Å². The molecule has 6 atom stereocenters. The number of hydrogen-bond donors (Lipinski definition) is 2. The van der Waals surface area contributed by atoms with Crippen LogP contribution < -0.4 is 0 Å². The Morgan fingerprint density at radius 2 is 1.89 bits per heavy atom. The van der Waals surface area contributed by atoms with Crippen molar-refractivity contribution in [1.29, 1.82) is 0 Å². The fourth-order valence-corrected chi connectivity index (χ4v) is 6.06. The minimum atomic E-state index is -1.85. The van der Waals surface area contributed by atoms with E-state index in [2.05, 4.69) is 18.8 Å². The maximum Gasteiger partial charge on any atom is 0.306 e. The van der Waals surface area contributed by atoms with Crippen LogP contribution >= 0.6 is 0 Å². The van der Waals surface area contributed by atoms with Crippen LogP contribution in [0.25, 0.3) is 11.1 Å². The third-order valence-electron chi connectivity index (χ3n) is 8.56. The van der Waals surface area contributed by atoms with Gasteiger partial charge in [0.25, 0.3) is 0 Å². The summed E-state index contributed by atoms with van der Waals surface area (Å²) in [6.07, 6.45) is 2.40. The second-order valence-electron chi connectivity index (χ2n) is 12.3. The van der Waals surface area contributed by atoms with Gasteiger partial charge < -0.3 is 24.1 Å². The van der Waals surface area contributed by atoms with E-state index in [1.165, 1.54) is 0 Å². The van der Waals surface area contributed by atoms with Crippen molar-refractivity contribution < 1.29 is 33.7 Å². The Labute approximate surface area is 225 Å². The van der Waals surface area contributed by atoms with Gasteiger partial charge in [-0.15, -0.1) is 0 Å². The Kier molecular flexibility index (Phi) is 8.09. The Hall–Kier alpha value is -2.29. The number of benzene rings is 1. The summed E-state index contributed by atoms with van der Waals surface area (Å²) in [4.78, 5) is 31.0. The molecule has 4 rings (SSSR count). The van der Waals surface area contributed by atoms with Crippen LogP contribution in [0.4, 0.5) is 0 Å². The molecule has 0 spiro atoms. The second-order valence-corrected chi connectivity index (χ2v) is 12.3. The maximum absolute atomic E-state index is 13.6. The van der Waals surface area contributed by atoms with Crippen molar-refractivity contribution in [3.8, 4) is 0 Å². The highest BCUT2D eigenvalue weighted by Crippen LogP contribution is 2.54. The number of esters is 1. The topological polar surface area (TPSA) is 122 Å². The van der Waals surface area contributed by atoms with Gasteiger partial charge in [0, 0.05) is 24.7 Å². The van der Waals surface area contributed by atoms with E-state index in [4.69, 9.17) is 13.9 Å². The molecule has 1 aromatic heterocycles. The van der Waals surface area contributed by atoms with Crippen molar-refractivity contribution in [2.75, 3.05) is 0 Å². The summed E-state index contributed by atoms with van der Waals surface area (Å²) >= 11 is 0. The van der Waals surface area contributed by atoms with Gasteiger partial charge in [0.2, 0.25) is 5.79 Å². The first-order valence-corrected chi connectivity index (χ1v) is 14.0. The van der Waals surface area contributed by atoms with Crippen LogP contribution in [0.1, 0.15) is 104 Å². The van der Waals surface area contributed by atoms with E-state index in [1.807, 2.05) is 13.8 Å². The fraction of sp³-hybridized carbons (Fsp3) is 0.700. The average Bonchev–Trinajstić information content (AvgIpc) is 3.21. The molecule has 210 valence electrons. The van der Waals surface area contributed by atoms with Crippen LogP contribution in [-0.2, 0) is 19.1 Å². The summed E-state index contributed by atoms with van der Waals surface area (Å²) in [6, 6.07) is 5.09. The van der Waals surface area contributed by atoms with E-state index in [9.17, 15) is 19.8 Å². The first-order valence-electron chi connectivity index (χ1n) is 14.0. The molecule has 8 heteroatoms. The molecule has 1 aromatic carbocycles. The zero-order valence-corrected chi connectivity index (χ0v) is 23.6. The summed E-state index contributed by atoms with van der Waals surface area (Å²) < 4.78 is 17.2. The minimum absolute atomic E-state index is 0.0121. The van der Waals surface area contributed by atoms with E-state index >= 15 is 0 Å². The quantitative estimate of drug-likeness (QED) is 0.391. The molecular formula is C30H43NO7. The van der Waals surface area contributed by atoms with E-state index in [0.29, 0.717) is 41.3 Å². The number of ketones is 1. The number of rotatable bonds is 3. The third kappa shape index (κ3) is 5.68. The van der Waals surface area contributed by atoms with E-state index in [-0.39, 0.29) is 18.1 Å². The number of carbonyl (C=O) groups excluding carboxylic acids is 2. The molecule has 0 aliphatic carbocycles. The molecule has 3 heterocycles. The van der Waals surface area contributed by atoms with Crippen molar-refractivity contribution in [2.24, 2.45) is 17.3 Å². The third-order valence-corrected chi connectivity index (χ3v) is 8.56. The number of aryl methyl sites for hydroxylation is 1. The summed E-state index contributed by atoms with van der Waals surface area (Å²) in [7, 11) is 0. The van der Waals surface area contributed by atoms with Gasteiger partial charge >= 0.3 is 5.97 Å². The summed E-state index contributed by atoms with van der Waals surface area (Å²) in [6.45, 7) is 11.6. The molecule has 38 heavy (non-hydrogen) atoms.